The molecule has 8 nitrogen and oxygen atoms in total. The molecule has 2 aromatic rings. The minimum absolute atomic E-state index is 0.125. The third kappa shape index (κ3) is 3.70. The summed E-state index contributed by atoms with van der Waals surface area (Å²) in [5.41, 5.74) is -0.628. The lowest BCUT2D eigenvalue weighted by Crippen LogP contribution is -2.53. The lowest BCUT2D eigenvalue weighted by atomic mass is 9.82. The largest absolute Gasteiger partial charge is 0.507 e. The second-order valence-electron chi connectivity index (χ2n) is 8.70. The maximum atomic E-state index is 14.2. The van der Waals surface area contributed by atoms with Crippen LogP contribution >= 0.6 is 0 Å². The zero-order valence-electron chi connectivity index (χ0n) is 20.2. The van der Waals surface area contributed by atoms with Gasteiger partial charge in [0.25, 0.3) is 17.6 Å². The van der Waals surface area contributed by atoms with Gasteiger partial charge in [-0.05, 0) is 51.4 Å². The maximum Gasteiger partial charge on any atom is 0.296 e. The Bertz CT molecular complexity index is 1220. The molecule has 0 bridgehead atoms. The number of carbonyl (C=O) groups is 3. The fourth-order valence-electron chi connectivity index (χ4n) is 4.80. The molecule has 1 saturated heterocycles. The highest BCUT2D eigenvalue weighted by Gasteiger charge is 2.66. The quantitative estimate of drug-likeness (QED) is 0.273. The van der Waals surface area contributed by atoms with Crippen LogP contribution in [0.5, 0.6) is 5.75 Å². The molecule has 1 fully saturated rings. The van der Waals surface area contributed by atoms with Crippen molar-refractivity contribution >= 4 is 29.0 Å². The van der Waals surface area contributed by atoms with Gasteiger partial charge in [0.1, 0.15) is 11.5 Å². The number of likely N-dealkylation sites (tertiary alicyclic amines) is 1. The summed E-state index contributed by atoms with van der Waals surface area (Å²) in [4.78, 5) is 45.7. The number of Topliss-reactive ketones (excluding diaryl/α,β-unsaturated/α-hetero) is 1. The average Bonchev–Trinajstić information content (AvgIpc) is 3.22. The zero-order valence-corrected chi connectivity index (χ0v) is 20.2. The molecule has 2 aliphatic heterocycles. The summed E-state index contributed by atoms with van der Waals surface area (Å²) in [6.45, 7) is 6.84. The standard InChI is InChI=1S/C27H29N3O5/c1-5-15-29-21-10-8-7-9-20(21)27(26(29)34)22(24(32)25(33)30(27)17-16-28(3)4)23(31)18-11-13-19(14-12-18)35-6-2/h5,7-14,31H,1,6,15-17H2,2-4H3/t27-/m0/s1. The van der Waals surface area contributed by atoms with Crippen molar-refractivity contribution in [3.05, 3.63) is 77.9 Å². The lowest BCUT2D eigenvalue weighted by molar-refractivity contribution is -0.143. The van der Waals surface area contributed by atoms with Gasteiger partial charge < -0.3 is 24.5 Å². The van der Waals surface area contributed by atoms with E-state index < -0.39 is 28.9 Å². The molecule has 35 heavy (non-hydrogen) atoms. The molecule has 2 heterocycles. The third-order valence-corrected chi connectivity index (χ3v) is 6.33. The number of hydrogen-bond donors (Lipinski definition) is 1. The molecule has 2 aromatic carbocycles. The van der Waals surface area contributed by atoms with Crippen LogP contribution in [-0.4, -0.2) is 72.8 Å². The van der Waals surface area contributed by atoms with E-state index in [-0.39, 0.29) is 18.7 Å². The van der Waals surface area contributed by atoms with Crippen LogP contribution in [0.1, 0.15) is 18.1 Å². The van der Waals surface area contributed by atoms with Gasteiger partial charge in [0.15, 0.2) is 5.54 Å². The Balaban J connectivity index is 1.99. The number of aliphatic hydroxyl groups excluding tert-OH is 1. The molecule has 1 atom stereocenters. The van der Waals surface area contributed by atoms with Crippen molar-refractivity contribution in [3.8, 4) is 5.75 Å². The normalized spacial score (nSPS) is 20.7. The Morgan fingerprint density at radius 2 is 1.80 bits per heavy atom. The van der Waals surface area contributed by atoms with Gasteiger partial charge in [0, 0.05) is 30.8 Å². The van der Waals surface area contributed by atoms with Gasteiger partial charge in [-0.1, -0.05) is 24.3 Å². The molecule has 0 radical (unpaired) electrons. The Morgan fingerprint density at radius 3 is 2.43 bits per heavy atom. The van der Waals surface area contributed by atoms with Gasteiger partial charge in [-0.3, -0.25) is 14.4 Å². The van der Waals surface area contributed by atoms with E-state index >= 15 is 0 Å². The summed E-state index contributed by atoms with van der Waals surface area (Å²) in [7, 11) is 3.69. The number of benzene rings is 2. The molecule has 0 aromatic heterocycles. The fraction of sp³-hybridized carbons (Fsp3) is 0.296. The molecule has 182 valence electrons. The van der Waals surface area contributed by atoms with Gasteiger partial charge >= 0.3 is 0 Å². The number of amides is 2. The number of ketones is 1. The molecular formula is C27H29N3O5. The minimum Gasteiger partial charge on any atom is -0.507 e. The first kappa shape index (κ1) is 24.2. The first-order valence-electron chi connectivity index (χ1n) is 11.5. The molecule has 0 saturated carbocycles. The Hall–Kier alpha value is -3.91. The smallest absolute Gasteiger partial charge is 0.296 e. The number of hydrogen-bond acceptors (Lipinski definition) is 6. The van der Waals surface area contributed by atoms with E-state index in [1.54, 1.807) is 54.6 Å². The molecule has 8 heteroatoms. The second-order valence-corrected chi connectivity index (χ2v) is 8.70. The van der Waals surface area contributed by atoms with Crippen molar-refractivity contribution < 1.29 is 24.2 Å². The zero-order chi connectivity index (χ0) is 25.3. The molecule has 2 aliphatic rings. The van der Waals surface area contributed by atoms with Crippen LogP contribution in [0.25, 0.3) is 5.76 Å². The van der Waals surface area contributed by atoms with Crippen molar-refractivity contribution in [1.82, 2.24) is 9.80 Å². The molecule has 1 N–H and O–H groups in total. The SMILES string of the molecule is C=CCN1C(=O)[C@@]2(C(=C(O)c3ccc(OCC)cc3)C(=O)C(=O)N2CCN(C)C)c2ccccc21. The van der Waals surface area contributed by atoms with Gasteiger partial charge in [0.2, 0.25) is 0 Å². The molecule has 0 unspecified atom stereocenters. The molecule has 1 spiro atoms. The van der Waals surface area contributed by atoms with Crippen molar-refractivity contribution in [2.45, 2.75) is 12.5 Å². The highest BCUT2D eigenvalue weighted by atomic mass is 16.5. The monoisotopic (exact) mass is 475 g/mol. The van der Waals surface area contributed by atoms with Gasteiger partial charge in [-0.25, -0.2) is 0 Å². The third-order valence-electron chi connectivity index (χ3n) is 6.33. The van der Waals surface area contributed by atoms with E-state index in [2.05, 4.69) is 6.58 Å². The number of carbonyl (C=O) groups excluding carboxylic acids is 3. The van der Waals surface area contributed by atoms with Gasteiger partial charge in [-0.2, -0.15) is 0 Å². The van der Waals surface area contributed by atoms with Crippen LogP contribution in [0.3, 0.4) is 0 Å². The van der Waals surface area contributed by atoms with Crippen LogP contribution in [0, 0.1) is 0 Å². The van der Waals surface area contributed by atoms with E-state index in [0.29, 0.717) is 35.7 Å². The summed E-state index contributed by atoms with van der Waals surface area (Å²) in [6.07, 6.45) is 1.59. The molecule has 2 amide bonds. The van der Waals surface area contributed by atoms with Crippen LogP contribution < -0.4 is 9.64 Å². The van der Waals surface area contributed by atoms with Crippen molar-refractivity contribution in [2.24, 2.45) is 0 Å². The average molecular weight is 476 g/mol. The van der Waals surface area contributed by atoms with Gasteiger partial charge in [-0.15, -0.1) is 6.58 Å². The predicted molar refractivity (Wildman–Crippen MR) is 133 cm³/mol. The number of anilines is 1. The molecule has 0 aliphatic carbocycles. The van der Waals surface area contributed by atoms with Crippen molar-refractivity contribution in [2.75, 3.05) is 45.2 Å². The number of fused-ring (bicyclic) bond motifs is 2. The maximum absolute atomic E-state index is 14.2. The highest BCUT2D eigenvalue weighted by molar-refractivity contribution is 6.50. The van der Waals surface area contributed by atoms with Gasteiger partial charge in [0.05, 0.1) is 17.9 Å². The highest BCUT2D eigenvalue weighted by Crippen LogP contribution is 2.53. The Labute approximate surface area is 204 Å². The number of para-hydroxylation sites is 1. The first-order chi connectivity index (χ1) is 16.8. The number of ether oxygens (including phenoxy) is 1. The van der Waals surface area contributed by atoms with Crippen molar-refractivity contribution in [1.29, 1.82) is 0 Å². The number of aliphatic hydroxyl groups is 1. The summed E-state index contributed by atoms with van der Waals surface area (Å²) >= 11 is 0. The predicted octanol–water partition coefficient (Wildman–Crippen LogP) is 2.76. The van der Waals surface area contributed by atoms with Crippen LogP contribution in [0.4, 0.5) is 5.69 Å². The van der Waals surface area contributed by atoms with E-state index in [4.69, 9.17) is 4.74 Å². The summed E-state index contributed by atoms with van der Waals surface area (Å²) < 4.78 is 5.47. The number of nitrogens with zero attached hydrogens (tertiary/aromatic N) is 3. The number of rotatable bonds is 8. The fourth-order valence-corrected chi connectivity index (χ4v) is 4.80. The first-order valence-corrected chi connectivity index (χ1v) is 11.5. The molecule has 4 rings (SSSR count). The summed E-state index contributed by atoms with van der Waals surface area (Å²) in [5.74, 6) is -1.97. The van der Waals surface area contributed by atoms with E-state index in [1.165, 1.54) is 9.80 Å². The van der Waals surface area contributed by atoms with E-state index in [0.717, 1.165) is 0 Å². The topological polar surface area (TPSA) is 90.4 Å². The second kappa shape index (κ2) is 9.38. The van der Waals surface area contributed by atoms with Crippen LogP contribution in [-0.2, 0) is 19.9 Å². The van der Waals surface area contributed by atoms with Crippen molar-refractivity contribution in [3.63, 3.8) is 0 Å². The van der Waals surface area contributed by atoms with E-state index in [9.17, 15) is 19.5 Å². The van der Waals surface area contributed by atoms with E-state index in [1.807, 2.05) is 25.9 Å². The summed E-state index contributed by atoms with van der Waals surface area (Å²) in [5, 5.41) is 11.4. The lowest BCUT2D eigenvalue weighted by Gasteiger charge is -2.35. The Kier molecular flexibility index (Phi) is 6.49. The minimum atomic E-state index is -1.77. The Morgan fingerprint density at radius 1 is 1.11 bits per heavy atom. The molecular weight excluding hydrogens is 446 g/mol. The number of likely N-dealkylation sites (N-methyl/N-ethyl adjacent to an activating group) is 1. The summed E-state index contributed by atoms with van der Waals surface area (Å²) in [6, 6.07) is 13.6. The van der Waals surface area contributed by atoms with Crippen LogP contribution in [0.2, 0.25) is 0 Å². The van der Waals surface area contributed by atoms with Crippen LogP contribution in [0.15, 0.2) is 66.8 Å².